The van der Waals surface area contributed by atoms with Gasteiger partial charge in [-0.25, -0.2) is 9.59 Å². The van der Waals surface area contributed by atoms with E-state index < -0.39 is 18.5 Å². The highest BCUT2D eigenvalue weighted by Crippen LogP contribution is 2.31. The maximum atomic E-state index is 12.9. The van der Waals surface area contributed by atoms with Crippen molar-refractivity contribution in [2.24, 2.45) is 5.10 Å². The molecule has 160 valence electrons. The molecule has 9 heteroatoms. The van der Waals surface area contributed by atoms with E-state index in [1.54, 1.807) is 38.1 Å². The van der Waals surface area contributed by atoms with E-state index in [4.69, 9.17) is 19.7 Å². The fraction of sp³-hybridized carbons (Fsp3) is 0.182. The van der Waals surface area contributed by atoms with Gasteiger partial charge in [0.25, 0.3) is 5.91 Å². The lowest BCUT2D eigenvalue weighted by molar-refractivity contribution is -0.139. The molecule has 0 aliphatic carbocycles. The number of aliphatic carboxylic acids is 1. The predicted octanol–water partition coefficient (Wildman–Crippen LogP) is 3.05. The van der Waals surface area contributed by atoms with Gasteiger partial charge >= 0.3 is 11.9 Å². The Kier molecular flexibility index (Phi) is 6.35. The van der Waals surface area contributed by atoms with Crippen LogP contribution in [0.1, 0.15) is 29.8 Å². The Morgan fingerprint density at radius 1 is 1.06 bits per heavy atom. The molecule has 2 aromatic carbocycles. The summed E-state index contributed by atoms with van der Waals surface area (Å²) in [4.78, 5) is 34.7. The summed E-state index contributed by atoms with van der Waals surface area (Å²) in [5.74, 6) is -1.87. The first-order valence-electron chi connectivity index (χ1n) is 9.36. The zero-order valence-electron chi connectivity index (χ0n) is 16.9. The molecule has 0 saturated heterocycles. The molecule has 0 unspecified atom stereocenters. The number of hydrogen-bond donors (Lipinski definition) is 2. The minimum atomic E-state index is -1.10. The average Bonchev–Trinajstić information content (AvgIpc) is 3.01. The number of aromatic carboxylic acids is 1. The van der Waals surface area contributed by atoms with Gasteiger partial charge in [0.1, 0.15) is 0 Å². The molecule has 1 amide bonds. The topological polar surface area (TPSA) is 126 Å². The van der Waals surface area contributed by atoms with E-state index >= 15 is 0 Å². The van der Waals surface area contributed by atoms with Crippen LogP contribution in [-0.4, -0.2) is 47.0 Å². The van der Waals surface area contributed by atoms with Gasteiger partial charge in [-0.3, -0.25) is 4.79 Å². The number of nitrogens with zero attached hydrogens (tertiary/aromatic N) is 2. The first kappa shape index (κ1) is 21.6. The highest BCUT2D eigenvalue weighted by atomic mass is 16.5. The van der Waals surface area contributed by atoms with E-state index in [2.05, 4.69) is 5.10 Å². The lowest BCUT2D eigenvalue weighted by Gasteiger charge is -2.12. The van der Waals surface area contributed by atoms with E-state index in [1.165, 1.54) is 29.3 Å². The summed E-state index contributed by atoms with van der Waals surface area (Å²) in [5, 5.41) is 23.3. The molecular weight excluding hydrogens is 404 g/mol. The van der Waals surface area contributed by atoms with E-state index in [0.29, 0.717) is 34.9 Å². The minimum Gasteiger partial charge on any atom is -0.490 e. The average molecular weight is 424 g/mol. The molecule has 0 spiro atoms. The summed E-state index contributed by atoms with van der Waals surface area (Å²) in [5.41, 5.74) is 2.07. The van der Waals surface area contributed by atoms with Crippen molar-refractivity contribution in [1.82, 2.24) is 0 Å². The van der Waals surface area contributed by atoms with Crippen LogP contribution in [0.3, 0.4) is 0 Å². The standard InChI is InChI=1S/C22H20N2O7/c1-3-30-19-11-14(4-9-18(19)31-12-20(25)26)10-17-13(2)23-24(21(17)27)16-7-5-15(6-8-16)22(28)29/h4-11H,3,12H2,1-2H3,(H,25,26)(H,28,29). The molecule has 1 aliphatic rings. The Hall–Kier alpha value is -4.14. The quantitative estimate of drug-likeness (QED) is 0.624. The van der Waals surface area contributed by atoms with Crippen LogP contribution in [0.4, 0.5) is 5.69 Å². The fourth-order valence-electron chi connectivity index (χ4n) is 2.91. The first-order chi connectivity index (χ1) is 14.8. The van der Waals surface area contributed by atoms with Gasteiger partial charge in [-0.15, -0.1) is 0 Å². The lowest BCUT2D eigenvalue weighted by Crippen LogP contribution is -2.21. The molecule has 2 aromatic rings. The number of rotatable bonds is 8. The van der Waals surface area contributed by atoms with Gasteiger partial charge in [0.2, 0.25) is 0 Å². The molecule has 1 aliphatic heterocycles. The van der Waals surface area contributed by atoms with Crippen LogP contribution in [0, 0.1) is 0 Å². The molecule has 0 atom stereocenters. The van der Waals surface area contributed by atoms with Crippen LogP contribution in [0.15, 0.2) is 53.1 Å². The number of hydrazone groups is 1. The van der Waals surface area contributed by atoms with Crippen molar-refractivity contribution in [2.75, 3.05) is 18.2 Å². The molecule has 0 bridgehead atoms. The van der Waals surface area contributed by atoms with Crippen LogP contribution in [0.5, 0.6) is 11.5 Å². The van der Waals surface area contributed by atoms with E-state index in [0.717, 1.165) is 0 Å². The van der Waals surface area contributed by atoms with Crippen LogP contribution >= 0.6 is 0 Å². The molecule has 0 radical (unpaired) electrons. The van der Waals surface area contributed by atoms with Crippen LogP contribution in [0.2, 0.25) is 0 Å². The first-order valence-corrected chi connectivity index (χ1v) is 9.36. The van der Waals surface area contributed by atoms with Crippen molar-refractivity contribution in [3.63, 3.8) is 0 Å². The van der Waals surface area contributed by atoms with Gasteiger partial charge in [-0.05, 0) is 61.9 Å². The molecule has 0 aromatic heterocycles. The van der Waals surface area contributed by atoms with E-state index in [9.17, 15) is 14.4 Å². The molecule has 0 saturated carbocycles. The largest absolute Gasteiger partial charge is 0.490 e. The normalized spacial score (nSPS) is 14.5. The third-order valence-corrected chi connectivity index (χ3v) is 4.35. The van der Waals surface area contributed by atoms with Crippen LogP contribution < -0.4 is 14.5 Å². The Labute approximate surface area is 177 Å². The second-order valence-electron chi connectivity index (χ2n) is 6.53. The summed E-state index contributed by atoms with van der Waals surface area (Å²) in [6.45, 7) is 3.34. The van der Waals surface area contributed by atoms with Crippen molar-refractivity contribution >= 4 is 35.3 Å². The lowest BCUT2D eigenvalue weighted by atomic mass is 10.1. The highest BCUT2D eigenvalue weighted by Gasteiger charge is 2.29. The third kappa shape index (κ3) is 4.89. The van der Waals surface area contributed by atoms with E-state index in [1.807, 2.05) is 0 Å². The zero-order valence-corrected chi connectivity index (χ0v) is 16.9. The molecule has 3 rings (SSSR count). The molecule has 0 fully saturated rings. The second kappa shape index (κ2) is 9.12. The number of anilines is 1. The Bertz CT molecular complexity index is 1090. The summed E-state index contributed by atoms with van der Waals surface area (Å²) >= 11 is 0. The predicted molar refractivity (Wildman–Crippen MR) is 113 cm³/mol. The van der Waals surface area contributed by atoms with Crippen molar-refractivity contribution in [3.05, 3.63) is 59.2 Å². The Balaban J connectivity index is 1.87. The van der Waals surface area contributed by atoms with Crippen molar-refractivity contribution < 1.29 is 34.1 Å². The molecule has 2 N–H and O–H groups in total. The van der Waals surface area contributed by atoms with Gasteiger partial charge < -0.3 is 19.7 Å². The smallest absolute Gasteiger partial charge is 0.341 e. The number of carbonyl (C=O) groups excluding carboxylic acids is 1. The minimum absolute atomic E-state index is 0.112. The van der Waals surface area contributed by atoms with Crippen LogP contribution in [0.25, 0.3) is 6.08 Å². The summed E-state index contributed by atoms with van der Waals surface area (Å²) in [6.07, 6.45) is 1.65. The van der Waals surface area contributed by atoms with Crippen molar-refractivity contribution in [3.8, 4) is 11.5 Å². The Morgan fingerprint density at radius 3 is 2.39 bits per heavy atom. The zero-order chi connectivity index (χ0) is 22.5. The second-order valence-corrected chi connectivity index (χ2v) is 6.53. The van der Waals surface area contributed by atoms with E-state index in [-0.39, 0.29) is 17.2 Å². The fourth-order valence-corrected chi connectivity index (χ4v) is 2.91. The van der Waals surface area contributed by atoms with Gasteiger partial charge in [0, 0.05) is 0 Å². The SMILES string of the molecule is CCOc1cc(C=C2C(=O)N(c3ccc(C(=O)O)cc3)N=C2C)ccc1OCC(=O)O. The number of amides is 1. The maximum absolute atomic E-state index is 12.9. The molecular formula is C22H20N2O7. The maximum Gasteiger partial charge on any atom is 0.341 e. The summed E-state index contributed by atoms with van der Waals surface area (Å²) in [6, 6.07) is 10.7. The molecule has 9 nitrogen and oxygen atoms in total. The summed E-state index contributed by atoms with van der Waals surface area (Å²) in [7, 11) is 0. The molecule has 1 heterocycles. The monoisotopic (exact) mass is 424 g/mol. The third-order valence-electron chi connectivity index (χ3n) is 4.35. The number of ether oxygens (including phenoxy) is 2. The highest BCUT2D eigenvalue weighted by molar-refractivity contribution is 6.32. The number of carbonyl (C=O) groups is 3. The number of hydrogen-bond acceptors (Lipinski definition) is 6. The van der Waals surface area contributed by atoms with Gasteiger partial charge in [-0.1, -0.05) is 6.07 Å². The number of carboxylic acid groups (broad SMARTS) is 2. The summed E-state index contributed by atoms with van der Waals surface area (Å²) < 4.78 is 10.8. The molecule has 31 heavy (non-hydrogen) atoms. The van der Waals surface area contributed by atoms with Crippen molar-refractivity contribution in [2.45, 2.75) is 13.8 Å². The van der Waals surface area contributed by atoms with Gasteiger partial charge in [0.15, 0.2) is 18.1 Å². The Morgan fingerprint density at radius 2 is 1.77 bits per heavy atom. The number of benzene rings is 2. The van der Waals surface area contributed by atoms with Gasteiger partial charge in [-0.2, -0.15) is 10.1 Å². The number of carboxylic acids is 2. The van der Waals surface area contributed by atoms with Crippen molar-refractivity contribution in [1.29, 1.82) is 0 Å². The van der Waals surface area contributed by atoms with Crippen LogP contribution in [-0.2, 0) is 9.59 Å². The van der Waals surface area contributed by atoms with Gasteiger partial charge in [0.05, 0.1) is 29.1 Å².